The average molecular weight is 350 g/mol. The van der Waals surface area contributed by atoms with E-state index >= 15 is 0 Å². The summed E-state index contributed by atoms with van der Waals surface area (Å²) in [5, 5.41) is 2.15. The highest BCUT2D eigenvalue weighted by atomic mass is 32.1. The summed E-state index contributed by atoms with van der Waals surface area (Å²) in [5.41, 5.74) is 0. The Morgan fingerprint density at radius 1 is 1.12 bits per heavy atom. The molecule has 2 aliphatic rings. The molecule has 1 aromatic heterocycles. The summed E-state index contributed by atoms with van der Waals surface area (Å²) >= 11 is 1.85. The summed E-state index contributed by atoms with van der Waals surface area (Å²) in [5.74, 6) is 1.62. The predicted octanol–water partition coefficient (Wildman–Crippen LogP) is 2.41. The summed E-state index contributed by atoms with van der Waals surface area (Å²) in [6, 6.07) is 4.35. The molecule has 0 aliphatic carbocycles. The van der Waals surface area contributed by atoms with Crippen LogP contribution in [0.1, 0.15) is 25.1 Å². The van der Waals surface area contributed by atoms with E-state index in [9.17, 15) is 4.79 Å². The number of hydrogen-bond donors (Lipinski definition) is 0. The van der Waals surface area contributed by atoms with Crippen molar-refractivity contribution in [3.63, 3.8) is 0 Å². The van der Waals surface area contributed by atoms with E-state index in [-0.39, 0.29) is 0 Å². The molecule has 0 radical (unpaired) electrons. The Kier molecular flexibility index (Phi) is 6.31. The van der Waals surface area contributed by atoms with Gasteiger partial charge >= 0.3 is 0 Å². The van der Waals surface area contributed by atoms with Gasteiger partial charge in [0.15, 0.2) is 0 Å². The Balaban J connectivity index is 1.38. The lowest BCUT2D eigenvalue weighted by molar-refractivity contribution is -0.135. The molecule has 2 fully saturated rings. The Hall–Kier alpha value is -0.910. The Morgan fingerprint density at radius 2 is 1.79 bits per heavy atom. The number of nitrogens with zero attached hydrogens (tertiary/aromatic N) is 3. The van der Waals surface area contributed by atoms with Crippen LogP contribution in [-0.4, -0.2) is 73.0 Å². The highest BCUT2D eigenvalue weighted by Gasteiger charge is 2.27. The fourth-order valence-electron chi connectivity index (χ4n) is 4.05. The summed E-state index contributed by atoms with van der Waals surface area (Å²) in [6.45, 7) is 12.4. The zero-order valence-corrected chi connectivity index (χ0v) is 15.9. The van der Waals surface area contributed by atoms with Gasteiger partial charge in [0.25, 0.3) is 0 Å². The summed E-state index contributed by atoms with van der Waals surface area (Å²) in [4.78, 5) is 21.0. The van der Waals surface area contributed by atoms with Crippen molar-refractivity contribution in [1.29, 1.82) is 0 Å². The fourth-order valence-corrected chi connectivity index (χ4v) is 4.75. The van der Waals surface area contributed by atoms with E-state index < -0.39 is 0 Å². The Bertz CT molecular complexity index is 501. The molecule has 2 aliphatic heterocycles. The molecule has 4 nitrogen and oxygen atoms in total. The molecule has 0 N–H and O–H groups in total. The molecule has 0 aromatic carbocycles. The van der Waals surface area contributed by atoms with Crippen LogP contribution in [0.15, 0.2) is 17.5 Å². The van der Waals surface area contributed by atoms with Gasteiger partial charge in [-0.3, -0.25) is 9.69 Å². The van der Waals surface area contributed by atoms with Crippen LogP contribution in [0.25, 0.3) is 0 Å². The van der Waals surface area contributed by atoms with Crippen LogP contribution in [0.5, 0.6) is 0 Å². The molecule has 134 valence electrons. The molecule has 5 heteroatoms. The van der Waals surface area contributed by atoms with Crippen molar-refractivity contribution in [2.75, 3.05) is 52.4 Å². The van der Waals surface area contributed by atoms with Crippen molar-refractivity contribution < 1.29 is 4.79 Å². The largest absolute Gasteiger partial charge is 0.341 e. The lowest BCUT2D eigenvalue weighted by atomic mass is 9.92. The lowest BCUT2D eigenvalue weighted by Gasteiger charge is -2.38. The summed E-state index contributed by atoms with van der Waals surface area (Å²) in [7, 11) is 0. The van der Waals surface area contributed by atoms with Crippen molar-refractivity contribution in [2.45, 2.75) is 26.7 Å². The van der Waals surface area contributed by atoms with Crippen molar-refractivity contribution in [3.05, 3.63) is 22.4 Å². The first kappa shape index (κ1) is 17.9. The van der Waals surface area contributed by atoms with Crippen LogP contribution in [0.3, 0.4) is 0 Å². The van der Waals surface area contributed by atoms with Crippen molar-refractivity contribution in [1.82, 2.24) is 14.7 Å². The predicted molar refractivity (Wildman–Crippen MR) is 100 cm³/mol. The molecule has 2 atom stereocenters. The fraction of sp³-hybridized carbons (Fsp3) is 0.737. The first-order valence-corrected chi connectivity index (χ1v) is 10.2. The monoisotopic (exact) mass is 349 g/mol. The first-order valence-electron chi connectivity index (χ1n) is 9.35. The van der Waals surface area contributed by atoms with Gasteiger partial charge in [-0.1, -0.05) is 19.9 Å². The van der Waals surface area contributed by atoms with Gasteiger partial charge in [-0.15, -0.1) is 11.3 Å². The molecular weight excluding hydrogens is 318 g/mol. The van der Waals surface area contributed by atoms with Gasteiger partial charge in [0.2, 0.25) is 5.91 Å². The van der Waals surface area contributed by atoms with Gasteiger partial charge in [0, 0.05) is 50.7 Å². The minimum atomic E-state index is 0.334. The van der Waals surface area contributed by atoms with Gasteiger partial charge in [-0.25, -0.2) is 0 Å². The summed E-state index contributed by atoms with van der Waals surface area (Å²) < 4.78 is 0. The highest BCUT2D eigenvalue weighted by molar-refractivity contribution is 7.09. The molecule has 24 heavy (non-hydrogen) atoms. The third kappa shape index (κ3) is 5.04. The number of rotatable bonds is 5. The molecule has 0 unspecified atom stereocenters. The smallest absolute Gasteiger partial charge is 0.236 e. The zero-order chi connectivity index (χ0) is 16.9. The number of hydrogen-bond acceptors (Lipinski definition) is 4. The second kappa shape index (κ2) is 8.45. The van der Waals surface area contributed by atoms with E-state index in [1.165, 1.54) is 11.3 Å². The van der Waals surface area contributed by atoms with E-state index in [1.807, 2.05) is 11.3 Å². The van der Waals surface area contributed by atoms with Gasteiger partial charge in [0.1, 0.15) is 0 Å². The van der Waals surface area contributed by atoms with E-state index in [1.54, 1.807) is 0 Å². The van der Waals surface area contributed by atoms with Gasteiger partial charge in [0.05, 0.1) is 6.54 Å². The second-order valence-electron chi connectivity index (χ2n) is 7.69. The molecule has 0 spiro atoms. The maximum atomic E-state index is 12.6. The van der Waals surface area contributed by atoms with Crippen LogP contribution in [-0.2, 0) is 11.2 Å². The standard InChI is InChI=1S/C19H31N3OS/c1-16-12-17(2)14-22(13-16)19(23)15-21-9-7-20(8-10-21)6-5-18-4-3-11-24-18/h3-4,11,16-17H,5-10,12-15H2,1-2H3/t16-,17+. The minimum absolute atomic E-state index is 0.334. The van der Waals surface area contributed by atoms with E-state index in [0.717, 1.165) is 52.2 Å². The van der Waals surface area contributed by atoms with Crippen LogP contribution in [0.2, 0.25) is 0 Å². The number of piperidine rings is 1. The van der Waals surface area contributed by atoms with E-state index in [2.05, 4.69) is 46.1 Å². The molecule has 2 saturated heterocycles. The molecule has 1 aromatic rings. The zero-order valence-electron chi connectivity index (χ0n) is 15.1. The van der Waals surface area contributed by atoms with Crippen LogP contribution >= 0.6 is 11.3 Å². The number of carbonyl (C=O) groups excluding carboxylic acids is 1. The topological polar surface area (TPSA) is 26.8 Å². The third-order valence-corrected chi connectivity index (χ3v) is 6.24. The van der Waals surface area contributed by atoms with Crippen LogP contribution < -0.4 is 0 Å². The first-order chi connectivity index (χ1) is 11.6. The molecular formula is C19H31N3OS. The van der Waals surface area contributed by atoms with Crippen LogP contribution in [0, 0.1) is 11.8 Å². The molecule has 1 amide bonds. The second-order valence-corrected chi connectivity index (χ2v) is 8.72. The maximum Gasteiger partial charge on any atom is 0.236 e. The Labute approximate surface area is 150 Å². The highest BCUT2D eigenvalue weighted by Crippen LogP contribution is 2.21. The van der Waals surface area contributed by atoms with Crippen LogP contribution in [0.4, 0.5) is 0 Å². The minimum Gasteiger partial charge on any atom is -0.341 e. The van der Waals surface area contributed by atoms with E-state index in [4.69, 9.17) is 0 Å². The van der Waals surface area contributed by atoms with Gasteiger partial charge in [-0.2, -0.15) is 0 Å². The average Bonchev–Trinajstić information content (AvgIpc) is 3.07. The lowest BCUT2D eigenvalue weighted by Crippen LogP contribution is -2.52. The third-order valence-electron chi connectivity index (χ3n) is 5.30. The quantitative estimate of drug-likeness (QED) is 0.817. The number of thiophene rings is 1. The molecule has 0 saturated carbocycles. The number of likely N-dealkylation sites (tertiary alicyclic amines) is 1. The SMILES string of the molecule is C[C@@H]1C[C@H](C)CN(C(=O)CN2CCN(CCc3cccs3)CC2)C1. The Morgan fingerprint density at radius 3 is 2.42 bits per heavy atom. The van der Waals surface area contributed by atoms with Crippen molar-refractivity contribution in [2.24, 2.45) is 11.8 Å². The van der Waals surface area contributed by atoms with E-state index in [0.29, 0.717) is 24.3 Å². The van der Waals surface area contributed by atoms with Crippen molar-refractivity contribution >= 4 is 17.2 Å². The van der Waals surface area contributed by atoms with Gasteiger partial charge in [-0.05, 0) is 36.1 Å². The normalized spacial score (nSPS) is 26.7. The molecule has 3 rings (SSSR count). The van der Waals surface area contributed by atoms with Gasteiger partial charge < -0.3 is 9.80 Å². The summed E-state index contributed by atoms with van der Waals surface area (Å²) in [6.07, 6.45) is 2.41. The number of piperazine rings is 1. The molecule has 0 bridgehead atoms. The maximum absolute atomic E-state index is 12.6. The van der Waals surface area contributed by atoms with Crippen molar-refractivity contribution in [3.8, 4) is 0 Å². The number of carbonyl (C=O) groups is 1. The molecule has 3 heterocycles. The number of amides is 1.